The smallest absolute Gasteiger partial charge is 0.309 e. The second kappa shape index (κ2) is 5.10. The lowest BCUT2D eigenvalue weighted by molar-refractivity contribution is -0.136. The van der Waals surface area contributed by atoms with Crippen LogP contribution in [0.2, 0.25) is 0 Å². The van der Waals surface area contributed by atoms with Crippen LogP contribution in [0.5, 0.6) is 0 Å². The normalized spacial score (nSPS) is 10.4. The summed E-state index contributed by atoms with van der Waals surface area (Å²) in [6.45, 7) is 1.88. The molecule has 1 aromatic heterocycles. The zero-order valence-corrected chi connectivity index (χ0v) is 10.9. The van der Waals surface area contributed by atoms with Crippen molar-refractivity contribution >= 4 is 11.8 Å². The Morgan fingerprint density at radius 1 is 1.16 bits per heavy atom. The number of carboxylic acid groups (broad SMARTS) is 1. The summed E-state index contributed by atoms with van der Waals surface area (Å²) in [5.74, 6) is -0.992. The number of aliphatic carboxylic acids is 1. The van der Waals surface area contributed by atoms with E-state index in [1.165, 1.54) is 0 Å². The van der Waals surface area contributed by atoms with Gasteiger partial charge in [0.2, 0.25) is 5.78 Å². The second-order valence-electron chi connectivity index (χ2n) is 4.48. The van der Waals surface area contributed by atoms with Crippen LogP contribution in [0.15, 0.2) is 36.4 Å². The average Bonchev–Trinajstić information content (AvgIpc) is 2.70. The van der Waals surface area contributed by atoms with Gasteiger partial charge >= 0.3 is 5.97 Å². The molecule has 0 spiro atoms. The molecular weight excluding hydrogens is 242 g/mol. The van der Waals surface area contributed by atoms with E-state index in [1.54, 1.807) is 29.8 Å². The van der Waals surface area contributed by atoms with Crippen molar-refractivity contribution in [2.24, 2.45) is 7.05 Å². The molecule has 2 aromatic rings. The topological polar surface area (TPSA) is 59.3 Å². The fourth-order valence-corrected chi connectivity index (χ4v) is 2.08. The van der Waals surface area contributed by atoms with Crippen molar-refractivity contribution < 1.29 is 14.7 Å². The van der Waals surface area contributed by atoms with Gasteiger partial charge in [0.15, 0.2) is 0 Å². The average molecular weight is 257 g/mol. The third-order valence-corrected chi connectivity index (χ3v) is 3.18. The molecule has 0 atom stereocenters. The molecule has 4 nitrogen and oxygen atoms in total. The predicted molar refractivity (Wildman–Crippen MR) is 71.4 cm³/mol. The van der Waals surface area contributed by atoms with E-state index in [9.17, 15) is 9.59 Å². The number of rotatable bonds is 4. The number of hydrogen-bond acceptors (Lipinski definition) is 2. The lowest BCUT2D eigenvalue weighted by atomic mass is 10.0. The summed E-state index contributed by atoms with van der Waals surface area (Å²) in [7, 11) is 1.71. The van der Waals surface area contributed by atoms with E-state index in [4.69, 9.17) is 5.11 Å². The minimum absolute atomic E-state index is 0.0858. The fourth-order valence-electron chi connectivity index (χ4n) is 2.08. The molecule has 0 radical (unpaired) electrons. The van der Waals surface area contributed by atoms with Crippen molar-refractivity contribution in [3.8, 4) is 0 Å². The van der Waals surface area contributed by atoms with E-state index in [0.29, 0.717) is 17.0 Å². The van der Waals surface area contributed by atoms with Gasteiger partial charge in [-0.3, -0.25) is 9.59 Å². The van der Waals surface area contributed by atoms with Crippen LogP contribution >= 0.6 is 0 Å². The molecule has 2 rings (SSSR count). The number of hydrogen-bond donors (Lipinski definition) is 1. The summed E-state index contributed by atoms with van der Waals surface area (Å²) in [5, 5.41) is 8.80. The van der Waals surface area contributed by atoms with Gasteiger partial charge in [-0.15, -0.1) is 0 Å². The van der Waals surface area contributed by atoms with Crippen LogP contribution in [-0.4, -0.2) is 21.4 Å². The van der Waals surface area contributed by atoms with Crippen LogP contribution in [0.3, 0.4) is 0 Å². The first kappa shape index (κ1) is 13.1. The SMILES string of the molecule is Cc1ccccc1C(=O)c1ccc(CC(=O)O)n1C. The molecule has 19 heavy (non-hydrogen) atoms. The quantitative estimate of drug-likeness (QED) is 0.854. The molecule has 4 heteroatoms. The number of nitrogens with zero attached hydrogens (tertiary/aromatic N) is 1. The van der Waals surface area contributed by atoms with Gasteiger partial charge in [-0.25, -0.2) is 0 Å². The largest absolute Gasteiger partial charge is 0.481 e. The molecule has 0 aliphatic rings. The molecule has 0 aliphatic carbocycles. The first-order chi connectivity index (χ1) is 9.00. The number of carboxylic acids is 1. The molecule has 0 unspecified atom stereocenters. The third-order valence-electron chi connectivity index (χ3n) is 3.18. The van der Waals surface area contributed by atoms with Crippen LogP contribution in [0.4, 0.5) is 0 Å². The Bertz CT molecular complexity index is 641. The van der Waals surface area contributed by atoms with Gasteiger partial charge in [0.25, 0.3) is 0 Å². The van der Waals surface area contributed by atoms with Gasteiger partial charge in [-0.2, -0.15) is 0 Å². The van der Waals surface area contributed by atoms with E-state index >= 15 is 0 Å². The number of benzene rings is 1. The fraction of sp³-hybridized carbons (Fsp3) is 0.200. The molecule has 0 saturated carbocycles. The Labute approximate surface area is 111 Å². The van der Waals surface area contributed by atoms with Crippen molar-refractivity contribution in [2.45, 2.75) is 13.3 Å². The highest BCUT2D eigenvalue weighted by molar-refractivity contribution is 6.09. The monoisotopic (exact) mass is 257 g/mol. The lowest BCUT2D eigenvalue weighted by Crippen LogP contribution is -2.12. The van der Waals surface area contributed by atoms with Gasteiger partial charge in [0.1, 0.15) is 0 Å². The number of ketones is 1. The number of aryl methyl sites for hydroxylation is 1. The van der Waals surface area contributed by atoms with Gasteiger partial charge in [0.05, 0.1) is 12.1 Å². The molecule has 98 valence electrons. The van der Waals surface area contributed by atoms with Crippen LogP contribution in [0.25, 0.3) is 0 Å². The van der Waals surface area contributed by atoms with Gasteiger partial charge in [-0.1, -0.05) is 24.3 Å². The minimum Gasteiger partial charge on any atom is -0.481 e. The van der Waals surface area contributed by atoms with Gasteiger partial charge in [-0.05, 0) is 24.6 Å². The van der Waals surface area contributed by atoms with Crippen LogP contribution in [0, 0.1) is 6.92 Å². The Balaban J connectivity index is 2.38. The summed E-state index contributed by atoms with van der Waals surface area (Å²) >= 11 is 0. The van der Waals surface area contributed by atoms with Crippen molar-refractivity contribution in [1.29, 1.82) is 0 Å². The molecule has 0 aliphatic heterocycles. The summed E-state index contributed by atoms with van der Waals surface area (Å²) in [6.07, 6.45) is -0.0858. The van der Waals surface area contributed by atoms with E-state index in [1.807, 2.05) is 25.1 Å². The molecule has 0 saturated heterocycles. The van der Waals surface area contributed by atoms with E-state index in [-0.39, 0.29) is 12.2 Å². The predicted octanol–water partition coefficient (Wildman–Crippen LogP) is 2.19. The zero-order chi connectivity index (χ0) is 14.0. The first-order valence-corrected chi connectivity index (χ1v) is 5.97. The van der Waals surface area contributed by atoms with Crippen LogP contribution in [0.1, 0.15) is 27.3 Å². The van der Waals surface area contributed by atoms with Crippen molar-refractivity contribution in [3.05, 3.63) is 58.9 Å². The third kappa shape index (κ3) is 2.57. The number of carbonyl (C=O) groups excluding carboxylic acids is 1. The Morgan fingerprint density at radius 3 is 2.47 bits per heavy atom. The maximum absolute atomic E-state index is 12.4. The standard InChI is InChI=1S/C15H15NO3/c1-10-5-3-4-6-12(10)15(19)13-8-7-11(16(13)2)9-14(17)18/h3-8H,9H2,1-2H3,(H,17,18). The lowest BCUT2D eigenvalue weighted by Gasteiger charge is -2.07. The van der Waals surface area contributed by atoms with Gasteiger partial charge in [0, 0.05) is 18.3 Å². The van der Waals surface area contributed by atoms with Crippen molar-refractivity contribution in [1.82, 2.24) is 4.57 Å². The maximum Gasteiger partial charge on any atom is 0.309 e. The first-order valence-electron chi connectivity index (χ1n) is 5.97. The van der Waals surface area contributed by atoms with E-state index in [2.05, 4.69) is 0 Å². The molecule has 1 aromatic carbocycles. The minimum atomic E-state index is -0.906. The van der Waals surface area contributed by atoms with Crippen molar-refractivity contribution in [3.63, 3.8) is 0 Å². The molecule has 0 fully saturated rings. The van der Waals surface area contributed by atoms with Gasteiger partial charge < -0.3 is 9.67 Å². The molecule has 1 N–H and O–H groups in total. The maximum atomic E-state index is 12.4. The van der Waals surface area contributed by atoms with Crippen LogP contribution < -0.4 is 0 Å². The Hall–Kier alpha value is -2.36. The van der Waals surface area contributed by atoms with E-state index < -0.39 is 5.97 Å². The van der Waals surface area contributed by atoms with Crippen LogP contribution in [-0.2, 0) is 18.3 Å². The Kier molecular flexibility index (Phi) is 3.51. The summed E-state index contributed by atoms with van der Waals surface area (Å²) < 4.78 is 1.64. The van der Waals surface area contributed by atoms with E-state index in [0.717, 1.165) is 5.56 Å². The second-order valence-corrected chi connectivity index (χ2v) is 4.48. The zero-order valence-electron chi connectivity index (χ0n) is 10.9. The number of carbonyl (C=O) groups is 2. The summed E-state index contributed by atoms with van der Waals surface area (Å²) in [6, 6.07) is 10.7. The highest BCUT2D eigenvalue weighted by atomic mass is 16.4. The number of aromatic nitrogens is 1. The Morgan fingerprint density at radius 2 is 1.84 bits per heavy atom. The molecule has 0 bridgehead atoms. The van der Waals surface area contributed by atoms with Crippen molar-refractivity contribution in [2.75, 3.05) is 0 Å². The highest BCUT2D eigenvalue weighted by Gasteiger charge is 2.17. The summed E-state index contributed by atoms with van der Waals surface area (Å²) in [5.41, 5.74) is 2.68. The highest BCUT2D eigenvalue weighted by Crippen LogP contribution is 2.16. The molecular formula is C15H15NO3. The molecule has 1 heterocycles. The summed E-state index contributed by atoms with van der Waals surface area (Å²) in [4.78, 5) is 23.1. The molecule has 0 amide bonds.